The zero-order chi connectivity index (χ0) is 13.8. The van der Waals surface area contributed by atoms with E-state index in [1.807, 2.05) is 0 Å². The molecule has 5 heteroatoms. The number of piperazine rings is 1. The van der Waals surface area contributed by atoms with Gasteiger partial charge in [-0.25, -0.2) is 0 Å². The summed E-state index contributed by atoms with van der Waals surface area (Å²) in [5, 5.41) is 7.71. The highest BCUT2D eigenvalue weighted by molar-refractivity contribution is 5.01. The molecule has 0 bridgehead atoms. The average molecular weight is 278 g/mol. The van der Waals surface area contributed by atoms with Crippen molar-refractivity contribution in [3.05, 3.63) is 11.7 Å². The molecule has 2 fully saturated rings. The summed E-state index contributed by atoms with van der Waals surface area (Å²) >= 11 is 0. The number of hydrogen-bond donors (Lipinski definition) is 1. The summed E-state index contributed by atoms with van der Waals surface area (Å²) in [6.07, 6.45) is 7.31. The summed E-state index contributed by atoms with van der Waals surface area (Å²) in [6.45, 7) is 6.52. The Kier molecular flexibility index (Phi) is 4.68. The fraction of sp³-hybridized carbons (Fsp3) is 0.867. The second kappa shape index (κ2) is 6.68. The maximum Gasteiger partial charge on any atom is 0.229 e. The summed E-state index contributed by atoms with van der Waals surface area (Å²) in [5.41, 5.74) is 0. The number of aromatic nitrogens is 2. The summed E-state index contributed by atoms with van der Waals surface area (Å²) in [7, 11) is 0. The fourth-order valence-corrected chi connectivity index (χ4v) is 3.46. The minimum Gasteiger partial charge on any atom is -0.339 e. The molecular weight excluding hydrogens is 252 g/mol. The molecule has 112 valence electrons. The predicted molar refractivity (Wildman–Crippen MR) is 77.6 cm³/mol. The van der Waals surface area contributed by atoms with E-state index in [9.17, 15) is 0 Å². The van der Waals surface area contributed by atoms with E-state index >= 15 is 0 Å². The van der Waals surface area contributed by atoms with Gasteiger partial charge in [0, 0.05) is 32.1 Å². The molecule has 1 aromatic rings. The molecule has 0 spiro atoms. The SMILES string of the molecule is CCCC(c1noc(C2CCCC2)n1)N1CCNCC1. The van der Waals surface area contributed by atoms with Gasteiger partial charge in [0.15, 0.2) is 5.82 Å². The van der Waals surface area contributed by atoms with E-state index in [1.165, 1.54) is 25.7 Å². The van der Waals surface area contributed by atoms with Crippen molar-refractivity contribution in [3.63, 3.8) is 0 Å². The van der Waals surface area contributed by atoms with Gasteiger partial charge in [0.1, 0.15) is 0 Å². The Hall–Kier alpha value is -0.940. The molecule has 2 aliphatic rings. The molecule has 2 heterocycles. The Morgan fingerprint density at radius 3 is 2.75 bits per heavy atom. The normalized spacial score (nSPS) is 23.2. The number of hydrogen-bond acceptors (Lipinski definition) is 5. The van der Waals surface area contributed by atoms with Crippen molar-refractivity contribution >= 4 is 0 Å². The van der Waals surface area contributed by atoms with Crippen molar-refractivity contribution in [2.45, 2.75) is 57.4 Å². The molecule has 1 atom stereocenters. The van der Waals surface area contributed by atoms with Crippen LogP contribution in [0.4, 0.5) is 0 Å². The Morgan fingerprint density at radius 2 is 2.05 bits per heavy atom. The van der Waals surface area contributed by atoms with Crippen LogP contribution in [0, 0.1) is 0 Å². The molecule has 20 heavy (non-hydrogen) atoms. The molecule has 1 aliphatic carbocycles. The number of rotatable bonds is 5. The minimum absolute atomic E-state index is 0.334. The van der Waals surface area contributed by atoms with Gasteiger partial charge in [0.2, 0.25) is 5.89 Å². The lowest BCUT2D eigenvalue weighted by atomic mass is 10.1. The fourth-order valence-electron chi connectivity index (χ4n) is 3.46. The van der Waals surface area contributed by atoms with Gasteiger partial charge in [-0.3, -0.25) is 4.90 Å². The van der Waals surface area contributed by atoms with Crippen LogP contribution in [0.2, 0.25) is 0 Å². The van der Waals surface area contributed by atoms with Crippen LogP contribution in [-0.2, 0) is 0 Å². The Balaban J connectivity index is 1.72. The maximum atomic E-state index is 5.56. The molecule has 0 aromatic carbocycles. The van der Waals surface area contributed by atoms with Crippen molar-refractivity contribution in [2.75, 3.05) is 26.2 Å². The van der Waals surface area contributed by atoms with Crippen LogP contribution in [-0.4, -0.2) is 41.2 Å². The largest absolute Gasteiger partial charge is 0.339 e. The third-order valence-electron chi connectivity index (χ3n) is 4.61. The Morgan fingerprint density at radius 1 is 1.30 bits per heavy atom. The third-order valence-corrected chi connectivity index (χ3v) is 4.61. The van der Waals surface area contributed by atoms with Gasteiger partial charge in [0.05, 0.1) is 6.04 Å². The molecule has 0 radical (unpaired) electrons. The van der Waals surface area contributed by atoms with E-state index in [4.69, 9.17) is 9.51 Å². The Labute approximate surface area is 121 Å². The topological polar surface area (TPSA) is 54.2 Å². The van der Waals surface area contributed by atoms with Gasteiger partial charge in [-0.2, -0.15) is 4.98 Å². The van der Waals surface area contributed by atoms with Crippen LogP contribution < -0.4 is 5.32 Å². The first-order chi connectivity index (χ1) is 9.88. The third kappa shape index (κ3) is 3.04. The smallest absolute Gasteiger partial charge is 0.229 e. The molecule has 1 unspecified atom stereocenters. The molecule has 1 saturated heterocycles. The van der Waals surface area contributed by atoms with Crippen molar-refractivity contribution in [3.8, 4) is 0 Å². The predicted octanol–water partition coefficient (Wildman–Crippen LogP) is 2.47. The van der Waals surface area contributed by atoms with Gasteiger partial charge >= 0.3 is 0 Å². The first-order valence-corrected chi connectivity index (χ1v) is 8.16. The molecule has 1 aromatic heterocycles. The molecule has 5 nitrogen and oxygen atoms in total. The monoisotopic (exact) mass is 278 g/mol. The second-order valence-electron chi connectivity index (χ2n) is 6.06. The van der Waals surface area contributed by atoms with E-state index in [0.717, 1.165) is 50.7 Å². The minimum atomic E-state index is 0.334. The van der Waals surface area contributed by atoms with Crippen molar-refractivity contribution in [2.24, 2.45) is 0 Å². The second-order valence-corrected chi connectivity index (χ2v) is 6.06. The van der Waals surface area contributed by atoms with Crippen molar-refractivity contribution < 1.29 is 4.52 Å². The van der Waals surface area contributed by atoms with Crippen LogP contribution in [0.5, 0.6) is 0 Å². The zero-order valence-corrected chi connectivity index (χ0v) is 12.5. The summed E-state index contributed by atoms with van der Waals surface area (Å²) < 4.78 is 5.56. The average Bonchev–Trinajstić information content (AvgIpc) is 3.16. The van der Waals surface area contributed by atoms with Crippen LogP contribution >= 0.6 is 0 Å². The first-order valence-electron chi connectivity index (χ1n) is 8.16. The van der Waals surface area contributed by atoms with Crippen molar-refractivity contribution in [1.29, 1.82) is 0 Å². The van der Waals surface area contributed by atoms with E-state index < -0.39 is 0 Å². The van der Waals surface area contributed by atoms with Gasteiger partial charge in [-0.1, -0.05) is 31.3 Å². The summed E-state index contributed by atoms with van der Waals surface area (Å²) in [6, 6.07) is 0.334. The number of nitrogens with zero attached hydrogens (tertiary/aromatic N) is 3. The van der Waals surface area contributed by atoms with Crippen molar-refractivity contribution in [1.82, 2.24) is 20.4 Å². The molecule has 1 N–H and O–H groups in total. The van der Waals surface area contributed by atoms with E-state index in [2.05, 4.69) is 22.3 Å². The molecule has 0 amide bonds. The Bertz CT molecular complexity index is 408. The van der Waals surface area contributed by atoms with Gasteiger partial charge in [-0.15, -0.1) is 0 Å². The lowest BCUT2D eigenvalue weighted by Gasteiger charge is -2.33. The van der Waals surface area contributed by atoms with Crippen LogP contribution in [0.3, 0.4) is 0 Å². The van der Waals surface area contributed by atoms with E-state index in [-0.39, 0.29) is 0 Å². The molecular formula is C15H26N4O. The summed E-state index contributed by atoms with van der Waals surface area (Å²) in [5.74, 6) is 2.31. The lowest BCUT2D eigenvalue weighted by Crippen LogP contribution is -2.45. The lowest BCUT2D eigenvalue weighted by molar-refractivity contribution is 0.155. The highest BCUT2D eigenvalue weighted by Crippen LogP contribution is 2.34. The quantitative estimate of drug-likeness (QED) is 0.896. The van der Waals surface area contributed by atoms with Gasteiger partial charge < -0.3 is 9.84 Å². The zero-order valence-electron chi connectivity index (χ0n) is 12.5. The standard InChI is InChI=1S/C15H26N4O/c1-2-5-13(19-10-8-16-9-11-19)14-17-15(20-18-14)12-6-3-4-7-12/h12-13,16H,2-11H2,1H3. The molecule has 1 aliphatic heterocycles. The molecule has 3 rings (SSSR count). The summed E-state index contributed by atoms with van der Waals surface area (Å²) in [4.78, 5) is 7.25. The van der Waals surface area contributed by atoms with E-state index in [0.29, 0.717) is 12.0 Å². The highest BCUT2D eigenvalue weighted by atomic mass is 16.5. The highest BCUT2D eigenvalue weighted by Gasteiger charge is 2.28. The molecule has 1 saturated carbocycles. The van der Waals surface area contributed by atoms with Crippen LogP contribution in [0.15, 0.2) is 4.52 Å². The first kappa shape index (κ1) is 14.0. The van der Waals surface area contributed by atoms with Crippen LogP contribution in [0.1, 0.15) is 69.1 Å². The number of nitrogens with one attached hydrogen (secondary N) is 1. The van der Waals surface area contributed by atoms with Gasteiger partial charge in [0.25, 0.3) is 0 Å². The maximum absolute atomic E-state index is 5.56. The van der Waals surface area contributed by atoms with Crippen LogP contribution in [0.25, 0.3) is 0 Å². The van der Waals surface area contributed by atoms with Gasteiger partial charge in [-0.05, 0) is 19.3 Å². The van der Waals surface area contributed by atoms with E-state index in [1.54, 1.807) is 0 Å².